The summed E-state index contributed by atoms with van der Waals surface area (Å²) in [5.74, 6) is -0.105. The number of nitrogens with zero attached hydrogens (tertiary/aromatic N) is 1. The van der Waals surface area contributed by atoms with Crippen molar-refractivity contribution in [3.8, 4) is 0 Å². The van der Waals surface area contributed by atoms with Crippen molar-refractivity contribution in [2.75, 3.05) is 5.32 Å². The Bertz CT molecular complexity index is 548. The van der Waals surface area contributed by atoms with E-state index in [-0.39, 0.29) is 5.92 Å². The quantitative estimate of drug-likeness (QED) is 0.850. The number of para-hydroxylation sites is 1. The van der Waals surface area contributed by atoms with E-state index in [2.05, 4.69) is 10.5 Å². The lowest BCUT2D eigenvalue weighted by molar-refractivity contribution is -0.138. The monoisotopic (exact) mass is 248 g/mol. The van der Waals surface area contributed by atoms with Crippen LogP contribution in [0.25, 0.3) is 11.0 Å². The van der Waals surface area contributed by atoms with Gasteiger partial charge in [-0.3, -0.25) is 0 Å². The zero-order valence-corrected chi connectivity index (χ0v) is 10.4. The Balaban J connectivity index is 2.23. The number of carboxylic acids is 1. The Morgan fingerprint density at radius 2 is 2.17 bits per heavy atom. The molecule has 0 aliphatic carbocycles. The third-order valence-electron chi connectivity index (χ3n) is 2.69. The third kappa shape index (κ3) is 2.61. The highest BCUT2D eigenvalue weighted by Gasteiger charge is 2.21. The molecule has 2 rings (SSSR count). The van der Waals surface area contributed by atoms with Gasteiger partial charge in [-0.25, -0.2) is 4.79 Å². The number of aromatic nitrogens is 1. The maximum Gasteiger partial charge on any atom is 0.326 e. The molecule has 18 heavy (non-hydrogen) atoms. The van der Waals surface area contributed by atoms with Crippen LogP contribution in [0, 0.1) is 5.92 Å². The summed E-state index contributed by atoms with van der Waals surface area (Å²) in [4.78, 5) is 11.2. The van der Waals surface area contributed by atoms with Crippen LogP contribution in [0.2, 0.25) is 0 Å². The molecule has 2 N–H and O–H groups in total. The van der Waals surface area contributed by atoms with E-state index in [4.69, 9.17) is 4.52 Å². The largest absolute Gasteiger partial charge is 0.480 e. The smallest absolute Gasteiger partial charge is 0.326 e. The van der Waals surface area contributed by atoms with Gasteiger partial charge in [-0.15, -0.1) is 0 Å². The van der Waals surface area contributed by atoms with Crippen molar-refractivity contribution in [2.24, 2.45) is 5.92 Å². The molecule has 0 aliphatic heterocycles. The molecule has 1 atom stereocenters. The predicted molar refractivity (Wildman–Crippen MR) is 68.5 cm³/mol. The number of benzene rings is 1. The first-order valence-corrected chi connectivity index (χ1v) is 5.91. The van der Waals surface area contributed by atoms with Crippen LogP contribution in [0.4, 0.5) is 5.82 Å². The topological polar surface area (TPSA) is 75.4 Å². The summed E-state index contributed by atoms with van der Waals surface area (Å²) in [5.41, 5.74) is 0.647. The zero-order chi connectivity index (χ0) is 13.1. The Morgan fingerprint density at radius 1 is 1.44 bits per heavy atom. The van der Waals surface area contributed by atoms with Gasteiger partial charge in [0.05, 0.1) is 5.39 Å². The average molecular weight is 248 g/mol. The van der Waals surface area contributed by atoms with Gasteiger partial charge in [0.1, 0.15) is 6.04 Å². The average Bonchev–Trinajstić information content (AvgIpc) is 2.71. The number of hydrogen-bond acceptors (Lipinski definition) is 4. The van der Waals surface area contributed by atoms with Crippen LogP contribution in [0.1, 0.15) is 20.3 Å². The van der Waals surface area contributed by atoms with Gasteiger partial charge in [0, 0.05) is 0 Å². The summed E-state index contributed by atoms with van der Waals surface area (Å²) in [7, 11) is 0. The Morgan fingerprint density at radius 3 is 2.83 bits per heavy atom. The van der Waals surface area contributed by atoms with Crippen LogP contribution < -0.4 is 5.32 Å². The molecule has 1 heterocycles. The number of rotatable bonds is 5. The van der Waals surface area contributed by atoms with Crippen molar-refractivity contribution in [1.82, 2.24) is 5.16 Å². The first kappa shape index (κ1) is 12.4. The molecule has 5 heteroatoms. The number of fused-ring (bicyclic) bond motifs is 1. The number of anilines is 1. The van der Waals surface area contributed by atoms with E-state index in [0.29, 0.717) is 17.8 Å². The van der Waals surface area contributed by atoms with Gasteiger partial charge in [-0.05, 0) is 24.5 Å². The van der Waals surface area contributed by atoms with Crippen LogP contribution in [0.3, 0.4) is 0 Å². The van der Waals surface area contributed by atoms with E-state index in [1.54, 1.807) is 6.07 Å². The standard InChI is InChI=1S/C13H16N2O3/c1-8(2)7-10(13(16)17)14-12-9-5-3-4-6-11(9)18-15-12/h3-6,8,10H,7H2,1-2H3,(H,14,15)(H,16,17). The van der Waals surface area contributed by atoms with Crippen molar-refractivity contribution < 1.29 is 14.4 Å². The molecule has 1 aromatic heterocycles. The zero-order valence-electron chi connectivity index (χ0n) is 10.4. The SMILES string of the molecule is CC(C)CC(Nc1noc2ccccc12)C(=O)O. The maximum atomic E-state index is 11.2. The molecule has 1 aromatic carbocycles. The molecule has 5 nitrogen and oxygen atoms in total. The molecule has 0 amide bonds. The predicted octanol–water partition coefficient (Wildman–Crippen LogP) is 2.74. The fourth-order valence-corrected chi connectivity index (χ4v) is 1.85. The fourth-order valence-electron chi connectivity index (χ4n) is 1.85. The lowest BCUT2D eigenvalue weighted by Gasteiger charge is -2.15. The number of aliphatic carboxylic acids is 1. The second-order valence-electron chi connectivity index (χ2n) is 4.69. The molecule has 0 spiro atoms. The highest BCUT2D eigenvalue weighted by Crippen LogP contribution is 2.23. The summed E-state index contributed by atoms with van der Waals surface area (Å²) in [6.07, 6.45) is 0.538. The van der Waals surface area contributed by atoms with Crippen LogP contribution in [0.5, 0.6) is 0 Å². The van der Waals surface area contributed by atoms with Crippen molar-refractivity contribution in [3.05, 3.63) is 24.3 Å². The Labute approximate surface area is 105 Å². The van der Waals surface area contributed by atoms with E-state index in [9.17, 15) is 9.90 Å². The van der Waals surface area contributed by atoms with E-state index in [0.717, 1.165) is 5.39 Å². The molecule has 0 saturated heterocycles. The normalized spacial score (nSPS) is 12.8. The van der Waals surface area contributed by atoms with Gasteiger partial charge in [-0.2, -0.15) is 0 Å². The first-order valence-electron chi connectivity index (χ1n) is 5.91. The Kier molecular flexibility index (Phi) is 3.50. The van der Waals surface area contributed by atoms with E-state index in [1.165, 1.54) is 0 Å². The lowest BCUT2D eigenvalue weighted by atomic mass is 10.0. The molecule has 2 aromatic rings. The molecular formula is C13H16N2O3. The van der Waals surface area contributed by atoms with Gasteiger partial charge in [0.2, 0.25) is 0 Å². The van der Waals surface area contributed by atoms with E-state index >= 15 is 0 Å². The second-order valence-corrected chi connectivity index (χ2v) is 4.69. The highest BCUT2D eigenvalue weighted by molar-refractivity contribution is 5.89. The second kappa shape index (κ2) is 5.08. The van der Waals surface area contributed by atoms with Crippen LogP contribution >= 0.6 is 0 Å². The summed E-state index contributed by atoms with van der Waals surface area (Å²) in [6.45, 7) is 3.97. The van der Waals surface area contributed by atoms with Gasteiger partial charge in [0.25, 0.3) is 0 Å². The number of hydrogen-bond donors (Lipinski definition) is 2. The highest BCUT2D eigenvalue weighted by atomic mass is 16.5. The van der Waals surface area contributed by atoms with Crippen molar-refractivity contribution in [3.63, 3.8) is 0 Å². The lowest BCUT2D eigenvalue weighted by Crippen LogP contribution is -2.30. The fraction of sp³-hybridized carbons (Fsp3) is 0.385. The Hall–Kier alpha value is -2.04. The van der Waals surface area contributed by atoms with Crippen LogP contribution in [0.15, 0.2) is 28.8 Å². The van der Waals surface area contributed by atoms with Gasteiger partial charge in [0.15, 0.2) is 11.4 Å². The number of carbonyl (C=O) groups is 1. The van der Waals surface area contributed by atoms with Crippen LogP contribution in [-0.2, 0) is 4.79 Å². The van der Waals surface area contributed by atoms with Crippen molar-refractivity contribution in [2.45, 2.75) is 26.3 Å². The summed E-state index contributed by atoms with van der Waals surface area (Å²) >= 11 is 0. The molecule has 96 valence electrons. The minimum absolute atomic E-state index is 0.289. The molecular weight excluding hydrogens is 232 g/mol. The minimum atomic E-state index is -0.879. The van der Waals surface area contributed by atoms with Gasteiger partial charge in [-0.1, -0.05) is 31.1 Å². The number of nitrogens with one attached hydrogen (secondary N) is 1. The summed E-state index contributed by atoms with van der Waals surface area (Å²) in [5, 5.41) is 16.8. The van der Waals surface area contributed by atoms with Crippen molar-refractivity contribution >= 4 is 22.8 Å². The first-order chi connectivity index (χ1) is 8.58. The molecule has 0 aliphatic rings. The van der Waals surface area contributed by atoms with Crippen molar-refractivity contribution in [1.29, 1.82) is 0 Å². The molecule has 0 fully saturated rings. The molecule has 0 saturated carbocycles. The third-order valence-corrected chi connectivity index (χ3v) is 2.69. The summed E-state index contributed by atoms with van der Waals surface area (Å²) < 4.78 is 5.13. The molecule has 1 unspecified atom stereocenters. The van der Waals surface area contributed by atoms with Gasteiger partial charge < -0.3 is 14.9 Å². The maximum absolute atomic E-state index is 11.2. The van der Waals surface area contributed by atoms with E-state index < -0.39 is 12.0 Å². The van der Waals surface area contributed by atoms with Crippen LogP contribution in [-0.4, -0.2) is 22.3 Å². The van der Waals surface area contributed by atoms with E-state index in [1.807, 2.05) is 32.0 Å². The molecule has 0 radical (unpaired) electrons. The minimum Gasteiger partial charge on any atom is -0.480 e. The number of carboxylic acid groups (broad SMARTS) is 1. The summed E-state index contributed by atoms with van der Waals surface area (Å²) in [6, 6.07) is 6.70. The molecule has 0 bridgehead atoms. The van der Waals surface area contributed by atoms with Gasteiger partial charge >= 0.3 is 5.97 Å².